The monoisotopic (exact) mass is 306 g/mol. The first-order valence-corrected chi connectivity index (χ1v) is 5.28. The Morgan fingerprint density at radius 3 is 1.38 bits per heavy atom. The van der Waals surface area contributed by atoms with Crippen molar-refractivity contribution in [3.05, 3.63) is 11.6 Å². The Hall–Kier alpha value is -2.91. The minimum absolute atomic E-state index is 0.178. The summed E-state index contributed by atoms with van der Waals surface area (Å²) in [5.41, 5.74) is -0.178. The van der Waals surface area contributed by atoms with E-state index in [4.69, 9.17) is 25.5 Å². The number of hydrogen-bond acceptors (Lipinski definition) is 5. The molecule has 0 aromatic rings. The van der Waals surface area contributed by atoms with Gasteiger partial charge < -0.3 is 25.5 Å². The fraction of sp³-hybridized carbons (Fsp3) is 0.364. The van der Waals surface area contributed by atoms with Gasteiger partial charge in [-0.3, -0.25) is 14.4 Å². The lowest BCUT2D eigenvalue weighted by atomic mass is 10.0. The van der Waals surface area contributed by atoms with Gasteiger partial charge in [0.15, 0.2) is 0 Å². The maximum atomic E-state index is 10.2. The SMILES string of the molecule is C/C(=C/C(=O)O)C(=O)O.O=C(O)CC(CC(=O)O)C(=O)O. The number of rotatable bonds is 7. The maximum Gasteiger partial charge on any atom is 0.331 e. The minimum atomic E-state index is -1.40. The first kappa shape index (κ1) is 20.4. The van der Waals surface area contributed by atoms with E-state index in [0.717, 1.165) is 0 Å². The van der Waals surface area contributed by atoms with Gasteiger partial charge in [0.1, 0.15) is 0 Å². The van der Waals surface area contributed by atoms with Crippen molar-refractivity contribution in [1.29, 1.82) is 0 Å². The number of carboxylic acids is 5. The van der Waals surface area contributed by atoms with Crippen molar-refractivity contribution >= 4 is 29.8 Å². The molecule has 0 aliphatic rings. The molecule has 5 N–H and O–H groups in total. The molecule has 0 aromatic heterocycles. The third kappa shape index (κ3) is 13.3. The highest BCUT2D eigenvalue weighted by Crippen LogP contribution is 2.08. The second kappa shape index (κ2) is 9.95. The van der Waals surface area contributed by atoms with Crippen molar-refractivity contribution < 1.29 is 49.5 Å². The van der Waals surface area contributed by atoms with E-state index >= 15 is 0 Å². The van der Waals surface area contributed by atoms with Crippen LogP contribution in [0.1, 0.15) is 19.8 Å². The van der Waals surface area contributed by atoms with Gasteiger partial charge in [-0.05, 0) is 6.92 Å². The third-order valence-corrected chi connectivity index (χ3v) is 1.87. The summed E-state index contributed by atoms with van der Waals surface area (Å²) in [6.07, 6.45) is -0.689. The Labute approximate surface area is 117 Å². The van der Waals surface area contributed by atoms with Crippen molar-refractivity contribution in [1.82, 2.24) is 0 Å². The summed E-state index contributed by atoms with van der Waals surface area (Å²) in [6.45, 7) is 1.22. The number of carboxylic acid groups (broad SMARTS) is 5. The molecule has 0 saturated heterocycles. The minimum Gasteiger partial charge on any atom is -0.481 e. The molecule has 10 heteroatoms. The topological polar surface area (TPSA) is 186 Å². The van der Waals surface area contributed by atoms with Gasteiger partial charge in [-0.25, -0.2) is 9.59 Å². The van der Waals surface area contributed by atoms with Crippen LogP contribution in [0.5, 0.6) is 0 Å². The largest absolute Gasteiger partial charge is 0.481 e. The van der Waals surface area contributed by atoms with E-state index in [1.54, 1.807) is 0 Å². The van der Waals surface area contributed by atoms with Crippen molar-refractivity contribution in [3.63, 3.8) is 0 Å². The van der Waals surface area contributed by atoms with Gasteiger partial charge in [-0.1, -0.05) is 0 Å². The highest BCUT2D eigenvalue weighted by molar-refractivity contribution is 5.94. The van der Waals surface area contributed by atoms with E-state index in [1.165, 1.54) is 6.92 Å². The van der Waals surface area contributed by atoms with Crippen LogP contribution in [0.3, 0.4) is 0 Å². The molecule has 0 amide bonds. The molecule has 0 aliphatic carbocycles. The second-order valence-electron chi connectivity index (χ2n) is 3.70. The zero-order chi connectivity index (χ0) is 17.2. The standard InChI is InChI=1S/C6H8O6.C5H6O4/c7-4(8)1-3(6(11)12)2-5(9)10;1-3(5(8)9)2-4(6)7/h3H,1-2H2,(H,7,8)(H,9,10)(H,11,12);2H,1H3,(H,6,7)(H,8,9)/b;3-2-. The van der Waals surface area contributed by atoms with Gasteiger partial charge in [-0.15, -0.1) is 0 Å². The average Bonchev–Trinajstić information content (AvgIpc) is 2.26. The van der Waals surface area contributed by atoms with Crippen LogP contribution in [0.4, 0.5) is 0 Å². The van der Waals surface area contributed by atoms with Crippen molar-refractivity contribution in [2.24, 2.45) is 5.92 Å². The van der Waals surface area contributed by atoms with Crippen LogP contribution in [-0.4, -0.2) is 55.4 Å². The van der Waals surface area contributed by atoms with E-state index in [1.807, 2.05) is 0 Å². The predicted octanol–water partition coefficient (Wildman–Crippen LogP) is -0.262. The Balaban J connectivity index is 0. The van der Waals surface area contributed by atoms with Gasteiger partial charge in [0, 0.05) is 11.6 Å². The summed E-state index contributed by atoms with van der Waals surface area (Å²) in [6, 6.07) is 0. The molecule has 0 aromatic carbocycles. The molecule has 0 atom stereocenters. The normalized spacial score (nSPS) is 10.3. The average molecular weight is 306 g/mol. The van der Waals surface area contributed by atoms with Crippen LogP contribution < -0.4 is 0 Å². The van der Waals surface area contributed by atoms with Crippen LogP contribution in [0.15, 0.2) is 11.6 Å². The second-order valence-corrected chi connectivity index (χ2v) is 3.70. The van der Waals surface area contributed by atoms with Gasteiger partial charge >= 0.3 is 29.8 Å². The van der Waals surface area contributed by atoms with Crippen molar-refractivity contribution in [2.45, 2.75) is 19.8 Å². The predicted molar refractivity (Wildman–Crippen MR) is 64.7 cm³/mol. The first-order chi connectivity index (χ1) is 9.47. The summed E-state index contributed by atoms with van der Waals surface area (Å²) in [5, 5.41) is 40.8. The van der Waals surface area contributed by atoms with Crippen molar-refractivity contribution in [3.8, 4) is 0 Å². The van der Waals surface area contributed by atoms with Crippen LogP contribution >= 0.6 is 0 Å². The maximum absolute atomic E-state index is 10.2. The van der Waals surface area contributed by atoms with E-state index in [-0.39, 0.29) is 5.57 Å². The molecule has 0 radical (unpaired) electrons. The van der Waals surface area contributed by atoms with Crippen LogP contribution in [-0.2, 0) is 24.0 Å². The highest BCUT2D eigenvalue weighted by Gasteiger charge is 2.23. The highest BCUT2D eigenvalue weighted by atomic mass is 16.4. The Morgan fingerprint density at radius 2 is 1.24 bits per heavy atom. The molecule has 0 unspecified atom stereocenters. The molecule has 21 heavy (non-hydrogen) atoms. The Kier molecular flexibility index (Phi) is 9.67. The van der Waals surface area contributed by atoms with Crippen LogP contribution in [0.2, 0.25) is 0 Å². The molecule has 10 nitrogen and oxygen atoms in total. The van der Waals surface area contributed by atoms with E-state index in [0.29, 0.717) is 6.08 Å². The smallest absolute Gasteiger partial charge is 0.331 e. The summed E-state index contributed by atoms with van der Waals surface area (Å²) in [7, 11) is 0. The van der Waals surface area contributed by atoms with Crippen LogP contribution in [0.25, 0.3) is 0 Å². The third-order valence-electron chi connectivity index (χ3n) is 1.87. The Bertz CT molecular complexity index is 446. The van der Waals surface area contributed by atoms with Crippen molar-refractivity contribution in [2.75, 3.05) is 0 Å². The van der Waals surface area contributed by atoms with Gasteiger partial charge in [0.25, 0.3) is 0 Å². The van der Waals surface area contributed by atoms with E-state index < -0.39 is 48.6 Å². The lowest BCUT2D eigenvalue weighted by Gasteiger charge is -2.04. The molecule has 0 bridgehead atoms. The molecule has 0 saturated carbocycles. The molecule has 0 heterocycles. The zero-order valence-corrected chi connectivity index (χ0v) is 10.8. The quantitative estimate of drug-likeness (QED) is 0.392. The molecule has 0 spiro atoms. The number of hydrogen-bond donors (Lipinski definition) is 5. The summed E-state index contributed by atoms with van der Waals surface area (Å²) in [4.78, 5) is 50.0. The lowest BCUT2D eigenvalue weighted by Crippen LogP contribution is -2.20. The molecular weight excluding hydrogens is 292 g/mol. The molecule has 0 aliphatic heterocycles. The van der Waals surface area contributed by atoms with Crippen LogP contribution in [0, 0.1) is 5.92 Å². The number of carbonyl (C=O) groups is 5. The first-order valence-electron chi connectivity index (χ1n) is 5.28. The van der Waals surface area contributed by atoms with E-state index in [9.17, 15) is 24.0 Å². The Morgan fingerprint density at radius 1 is 0.857 bits per heavy atom. The van der Waals surface area contributed by atoms with E-state index in [2.05, 4.69) is 0 Å². The molecule has 0 fully saturated rings. The van der Waals surface area contributed by atoms with Gasteiger partial charge in [-0.2, -0.15) is 0 Å². The molecule has 118 valence electrons. The number of aliphatic carboxylic acids is 5. The lowest BCUT2D eigenvalue weighted by molar-refractivity contribution is -0.152. The zero-order valence-electron chi connectivity index (χ0n) is 10.8. The van der Waals surface area contributed by atoms with Gasteiger partial charge in [0.2, 0.25) is 0 Å². The fourth-order valence-electron chi connectivity index (χ4n) is 0.915. The summed E-state index contributed by atoms with van der Waals surface area (Å²) < 4.78 is 0. The van der Waals surface area contributed by atoms with Gasteiger partial charge in [0.05, 0.1) is 18.8 Å². The summed E-state index contributed by atoms with van der Waals surface area (Å²) in [5.74, 6) is -7.83. The summed E-state index contributed by atoms with van der Waals surface area (Å²) >= 11 is 0. The molecular formula is C11H14O10. The molecule has 0 rings (SSSR count). The fourth-order valence-corrected chi connectivity index (χ4v) is 0.915.